The van der Waals surface area contributed by atoms with Crippen molar-refractivity contribution in [1.29, 1.82) is 0 Å². The lowest BCUT2D eigenvalue weighted by atomic mass is 9.79. The van der Waals surface area contributed by atoms with Gasteiger partial charge in [-0.2, -0.15) is 0 Å². The summed E-state index contributed by atoms with van der Waals surface area (Å²) >= 11 is 0. The third kappa shape index (κ3) is 5.03. The van der Waals surface area contributed by atoms with E-state index >= 15 is 0 Å². The fourth-order valence-corrected chi connectivity index (χ4v) is 6.24. The van der Waals surface area contributed by atoms with Gasteiger partial charge in [0.1, 0.15) is 12.4 Å². The number of fused-ring (bicyclic) bond motifs is 1. The number of carbonyl (C=O) groups excluding carboxylic acids is 1. The number of hydrogen-bond donors (Lipinski definition) is 2. The number of likely N-dealkylation sites (tertiary alicyclic amines) is 1. The number of piperidine rings is 1. The summed E-state index contributed by atoms with van der Waals surface area (Å²) in [5.41, 5.74) is 3.11. The Morgan fingerprint density at radius 3 is 2.59 bits per heavy atom. The van der Waals surface area contributed by atoms with Crippen LogP contribution in [0.25, 0.3) is 10.9 Å². The zero-order valence-electron chi connectivity index (χ0n) is 19.2. The van der Waals surface area contributed by atoms with Crippen LogP contribution in [0.2, 0.25) is 0 Å². The van der Waals surface area contributed by atoms with E-state index in [2.05, 4.69) is 9.97 Å². The van der Waals surface area contributed by atoms with Crippen molar-refractivity contribution in [2.75, 3.05) is 25.9 Å². The molecule has 1 fully saturated rings. The van der Waals surface area contributed by atoms with Crippen molar-refractivity contribution >= 4 is 26.6 Å². The molecule has 1 aliphatic heterocycles. The van der Waals surface area contributed by atoms with Crippen LogP contribution in [-0.4, -0.2) is 60.3 Å². The molecule has 2 aromatic heterocycles. The number of aryl methyl sites for hydroxylation is 1. The summed E-state index contributed by atoms with van der Waals surface area (Å²) in [4.78, 5) is 23.2. The Labute approximate surface area is 198 Å². The highest BCUT2D eigenvalue weighted by molar-refractivity contribution is 7.91. The van der Waals surface area contributed by atoms with Crippen molar-refractivity contribution in [3.8, 4) is 5.75 Å². The average molecular weight is 485 g/mol. The number of nitrogens with one attached hydrogen (secondary N) is 1. The van der Waals surface area contributed by atoms with Gasteiger partial charge in [0.25, 0.3) is 5.91 Å². The molecule has 1 amide bonds. The van der Waals surface area contributed by atoms with Crippen LogP contribution < -0.4 is 10.2 Å². The quantitative estimate of drug-likeness (QED) is 0.388. The zero-order valence-corrected chi connectivity index (χ0v) is 20.0. The number of amides is 1. The fourth-order valence-electron chi connectivity index (χ4n) is 4.37. The molecule has 3 aromatic rings. The molecule has 34 heavy (non-hydrogen) atoms. The number of benzene rings is 1. The Morgan fingerprint density at radius 2 is 1.91 bits per heavy atom. The predicted molar refractivity (Wildman–Crippen MR) is 126 cm³/mol. The highest BCUT2D eigenvalue weighted by Crippen LogP contribution is 2.35. The number of sulfone groups is 1. The van der Waals surface area contributed by atoms with Gasteiger partial charge in [0.15, 0.2) is 9.84 Å². The summed E-state index contributed by atoms with van der Waals surface area (Å²) in [6.45, 7) is 3.36. The summed E-state index contributed by atoms with van der Waals surface area (Å²) < 4.78 is 32.2. The monoisotopic (exact) mass is 484 g/mol. The number of hydroxylamine groups is 1. The molecule has 0 radical (unpaired) electrons. The second-order valence-electron chi connectivity index (χ2n) is 8.86. The van der Waals surface area contributed by atoms with Gasteiger partial charge in [-0.05, 0) is 76.3 Å². The Bertz CT molecular complexity index is 1290. The first-order valence-corrected chi connectivity index (χ1v) is 12.7. The lowest BCUT2D eigenvalue weighted by Gasteiger charge is -2.38. The van der Waals surface area contributed by atoms with Crippen LogP contribution in [0.15, 0.2) is 53.7 Å². The molecule has 4 rings (SSSR count). The van der Waals surface area contributed by atoms with Gasteiger partial charge in [-0.3, -0.25) is 20.0 Å². The predicted octanol–water partition coefficient (Wildman–Crippen LogP) is 2.51. The van der Waals surface area contributed by atoms with Gasteiger partial charge in [-0.25, -0.2) is 13.9 Å². The summed E-state index contributed by atoms with van der Waals surface area (Å²) in [7, 11) is -1.85. The maximum atomic E-state index is 13.2. The second-order valence-corrected chi connectivity index (χ2v) is 10.8. The molecule has 0 spiro atoms. The molecular formula is C24H28N4O5S. The van der Waals surface area contributed by atoms with Crippen molar-refractivity contribution in [3.05, 3.63) is 60.0 Å². The number of rotatable bonds is 7. The highest BCUT2D eigenvalue weighted by Gasteiger charge is 2.44. The van der Waals surface area contributed by atoms with Gasteiger partial charge in [-0.15, -0.1) is 0 Å². The number of hydrogen-bond acceptors (Lipinski definition) is 8. The Hall–Kier alpha value is -3.08. The van der Waals surface area contributed by atoms with Crippen LogP contribution in [0.5, 0.6) is 5.75 Å². The van der Waals surface area contributed by atoms with Crippen molar-refractivity contribution in [3.63, 3.8) is 0 Å². The van der Waals surface area contributed by atoms with E-state index < -0.39 is 21.2 Å². The number of nitrogens with zero attached hydrogens (tertiary/aromatic N) is 3. The van der Waals surface area contributed by atoms with Crippen molar-refractivity contribution in [2.45, 2.75) is 31.3 Å². The van der Waals surface area contributed by atoms with Gasteiger partial charge in [-0.1, -0.05) is 0 Å². The van der Waals surface area contributed by atoms with Gasteiger partial charge in [0.05, 0.1) is 27.8 Å². The summed E-state index contributed by atoms with van der Waals surface area (Å²) in [6.07, 6.45) is 4.12. The molecule has 180 valence electrons. The third-order valence-corrected chi connectivity index (χ3v) is 8.32. The van der Waals surface area contributed by atoms with Crippen LogP contribution in [-0.2, 0) is 21.2 Å². The number of carbonyl (C=O) groups is 1. The van der Waals surface area contributed by atoms with E-state index in [0.717, 1.165) is 22.2 Å². The summed E-state index contributed by atoms with van der Waals surface area (Å²) in [5, 5.41) is 10.2. The van der Waals surface area contributed by atoms with Crippen LogP contribution in [0.4, 0.5) is 0 Å². The summed E-state index contributed by atoms with van der Waals surface area (Å²) in [6, 6.07) is 10.0. The molecule has 3 heterocycles. The molecule has 0 aliphatic carbocycles. The highest BCUT2D eigenvalue weighted by atomic mass is 32.2. The number of ether oxygens (including phenoxy) is 1. The van der Waals surface area contributed by atoms with Crippen LogP contribution in [0.1, 0.15) is 24.1 Å². The SMILES string of the molecule is Cc1cc(COc2ccc(S(=O)(=O)CC3(C(=O)NO)CCN(C)CC3)cc2)c2ccncc2n1. The van der Waals surface area contributed by atoms with Gasteiger partial charge >= 0.3 is 0 Å². The van der Waals surface area contributed by atoms with E-state index in [-0.39, 0.29) is 10.6 Å². The molecular weight excluding hydrogens is 456 g/mol. The molecule has 0 unspecified atom stereocenters. The van der Waals surface area contributed by atoms with Crippen LogP contribution in [0.3, 0.4) is 0 Å². The lowest BCUT2D eigenvalue weighted by molar-refractivity contribution is -0.141. The molecule has 0 bridgehead atoms. The zero-order chi connectivity index (χ0) is 24.3. The second kappa shape index (κ2) is 9.65. The van der Waals surface area contributed by atoms with Gasteiger partial charge < -0.3 is 9.64 Å². The Kier molecular flexibility index (Phi) is 6.83. The molecule has 10 heteroatoms. The van der Waals surface area contributed by atoms with E-state index in [1.54, 1.807) is 30.0 Å². The largest absolute Gasteiger partial charge is 0.489 e. The third-order valence-electron chi connectivity index (χ3n) is 6.40. The first kappa shape index (κ1) is 24.1. The maximum absolute atomic E-state index is 13.2. The van der Waals surface area contributed by atoms with Gasteiger partial charge in [0.2, 0.25) is 0 Å². The minimum atomic E-state index is -3.77. The Morgan fingerprint density at radius 1 is 1.21 bits per heavy atom. The first-order chi connectivity index (χ1) is 16.2. The first-order valence-electron chi connectivity index (χ1n) is 11.0. The fraction of sp³-hybridized carbons (Fsp3) is 0.375. The van der Waals surface area contributed by atoms with Crippen molar-refractivity contribution in [1.82, 2.24) is 20.3 Å². The van der Waals surface area contributed by atoms with E-state index in [1.165, 1.54) is 12.1 Å². The van der Waals surface area contributed by atoms with Crippen LogP contribution in [0, 0.1) is 12.3 Å². The molecule has 0 saturated carbocycles. The lowest BCUT2D eigenvalue weighted by Crippen LogP contribution is -2.50. The Balaban J connectivity index is 1.49. The van der Waals surface area contributed by atoms with E-state index in [4.69, 9.17) is 4.74 Å². The summed E-state index contributed by atoms with van der Waals surface area (Å²) in [5.74, 6) is -0.492. The van der Waals surface area contributed by atoms with Crippen molar-refractivity contribution in [2.24, 2.45) is 5.41 Å². The number of pyridine rings is 2. The van der Waals surface area contributed by atoms with E-state index in [1.807, 2.05) is 31.0 Å². The minimum Gasteiger partial charge on any atom is -0.489 e. The molecule has 1 aliphatic rings. The normalized spacial score (nSPS) is 16.3. The molecule has 1 saturated heterocycles. The van der Waals surface area contributed by atoms with E-state index in [0.29, 0.717) is 38.3 Å². The maximum Gasteiger partial charge on any atom is 0.250 e. The smallest absolute Gasteiger partial charge is 0.250 e. The molecule has 1 aromatic carbocycles. The van der Waals surface area contributed by atoms with Crippen LogP contribution >= 0.6 is 0 Å². The minimum absolute atomic E-state index is 0.111. The number of aromatic nitrogens is 2. The molecule has 0 atom stereocenters. The molecule has 2 N–H and O–H groups in total. The molecule has 9 nitrogen and oxygen atoms in total. The van der Waals surface area contributed by atoms with E-state index in [9.17, 15) is 18.4 Å². The standard InChI is InChI=1S/C24H28N4O5S/c1-17-13-18(21-7-10-25-14-22(21)26-17)15-33-19-3-5-20(6-4-19)34(31,32)16-24(23(29)27-30)8-11-28(2)12-9-24/h3-7,10,13-14,30H,8-9,11-12,15-16H2,1-2H3,(H,27,29). The van der Waals surface area contributed by atoms with Crippen molar-refractivity contribution < 1.29 is 23.2 Å². The van der Waals surface area contributed by atoms with Gasteiger partial charge in [0, 0.05) is 22.8 Å². The topological polar surface area (TPSA) is 122 Å². The average Bonchev–Trinajstić information content (AvgIpc) is 2.83.